The third-order valence-electron chi connectivity index (χ3n) is 2.42. The third kappa shape index (κ3) is 2.78. The van der Waals surface area contributed by atoms with Gasteiger partial charge >= 0.3 is 0 Å². The highest BCUT2D eigenvalue weighted by Crippen LogP contribution is 2.23. The van der Waals surface area contributed by atoms with Crippen LogP contribution in [0.25, 0.3) is 5.69 Å². The summed E-state index contributed by atoms with van der Waals surface area (Å²) >= 11 is 9.40. The van der Waals surface area contributed by atoms with Gasteiger partial charge in [-0.15, -0.1) is 5.10 Å². The highest BCUT2D eigenvalue weighted by molar-refractivity contribution is 9.10. The molecule has 1 aromatic carbocycles. The van der Waals surface area contributed by atoms with Crippen LogP contribution in [0.1, 0.15) is 0 Å². The van der Waals surface area contributed by atoms with Crippen LogP contribution in [-0.2, 0) is 0 Å². The van der Waals surface area contributed by atoms with Crippen molar-refractivity contribution in [2.24, 2.45) is 0 Å². The van der Waals surface area contributed by atoms with E-state index in [1.165, 1.54) is 0 Å². The van der Waals surface area contributed by atoms with E-state index in [0.717, 1.165) is 15.5 Å². The van der Waals surface area contributed by atoms with Crippen molar-refractivity contribution < 1.29 is 0 Å². The lowest BCUT2D eigenvalue weighted by Gasteiger charge is -2.10. The van der Waals surface area contributed by atoms with E-state index in [1.54, 1.807) is 4.68 Å². The molecule has 6 heteroatoms. The van der Waals surface area contributed by atoms with E-state index in [0.29, 0.717) is 5.02 Å². The summed E-state index contributed by atoms with van der Waals surface area (Å²) in [5.74, 6) is 0. The van der Waals surface area contributed by atoms with E-state index in [4.69, 9.17) is 11.6 Å². The molecule has 2 aromatic rings. The van der Waals surface area contributed by atoms with Gasteiger partial charge in [0.25, 0.3) is 0 Å². The van der Waals surface area contributed by atoms with Crippen LogP contribution in [0.3, 0.4) is 0 Å². The zero-order chi connectivity index (χ0) is 12.6. The summed E-state index contributed by atoms with van der Waals surface area (Å²) in [6, 6.07) is 5.62. The Morgan fingerprint density at radius 3 is 2.53 bits per heavy atom. The Kier molecular flexibility index (Phi) is 3.42. The molecule has 1 heterocycles. The summed E-state index contributed by atoms with van der Waals surface area (Å²) in [6.45, 7) is 6.74. The van der Waals surface area contributed by atoms with Crippen LogP contribution in [0.5, 0.6) is 0 Å². The molecular weight excluding hydrogens is 318 g/mol. The third-order valence-corrected chi connectivity index (χ3v) is 5.05. The molecule has 0 unspecified atom stereocenters. The number of hydrogen-bond donors (Lipinski definition) is 0. The Morgan fingerprint density at radius 1 is 1.29 bits per heavy atom. The van der Waals surface area contributed by atoms with Gasteiger partial charge in [-0.2, -0.15) is 0 Å². The van der Waals surface area contributed by atoms with Gasteiger partial charge in [0.05, 0.1) is 11.0 Å². The fourth-order valence-electron chi connectivity index (χ4n) is 1.39. The molecule has 0 amide bonds. The largest absolute Gasteiger partial charge is 0.220 e. The van der Waals surface area contributed by atoms with Crippen molar-refractivity contribution in [2.75, 3.05) is 0 Å². The quantitative estimate of drug-likeness (QED) is 0.792. The van der Waals surface area contributed by atoms with Crippen LogP contribution >= 0.6 is 27.5 Å². The van der Waals surface area contributed by atoms with E-state index in [2.05, 4.69) is 45.9 Å². The molecule has 0 aliphatic rings. The van der Waals surface area contributed by atoms with Gasteiger partial charge in [-0.25, -0.2) is 4.68 Å². The van der Waals surface area contributed by atoms with E-state index in [9.17, 15) is 0 Å². The average Bonchev–Trinajstić information content (AvgIpc) is 2.65. The standard InChI is InChI=1S/C11H13BrClN3Si/c1-17(2,3)11-7-16(15-14-11)10-5-4-8(13)6-9(10)12/h4-7H,1-3H3. The van der Waals surface area contributed by atoms with Gasteiger partial charge in [0.15, 0.2) is 0 Å². The molecule has 0 aliphatic carbocycles. The Bertz CT molecular complexity index is 548. The van der Waals surface area contributed by atoms with Crippen LogP contribution in [0.15, 0.2) is 28.9 Å². The van der Waals surface area contributed by atoms with E-state index in [1.807, 2.05) is 24.4 Å². The fourth-order valence-corrected chi connectivity index (χ4v) is 3.11. The van der Waals surface area contributed by atoms with Crippen molar-refractivity contribution in [3.8, 4) is 5.69 Å². The second-order valence-corrected chi connectivity index (χ2v) is 11.2. The van der Waals surface area contributed by atoms with E-state index < -0.39 is 8.07 Å². The second-order valence-electron chi connectivity index (χ2n) is 4.89. The first kappa shape index (κ1) is 12.8. The maximum atomic E-state index is 5.91. The van der Waals surface area contributed by atoms with Crippen LogP contribution < -0.4 is 5.32 Å². The summed E-state index contributed by atoms with van der Waals surface area (Å²) in [4.78, 5) is 0. The maximum Gasteiger partial charge on any atom is 0.106 e. The molecular formula is C11H13BrClN3Si. The minimum Gasteiger partial charge on any atom is -0.220 e. The zero-order valence-electron chi connectivity index (χ0n) is 9.91. The Hall–Kier alpha value is -0.653. The molecule has 0 N–H and O–H groups in total. The molecule has 0 saturated carbocycles. The van der Waals surface area contributed by atoms with Crippen molar-refractivity contribution >= 4 is 40.9 Å². The van der Waals surface area contributed by atoms with Crippen molar-refractivity contribution in [1.29, 1.82) is 0 Å². The number of rotatable bonds is 2. The highest BCUT2D eigenvalue weighted by Gasteiger charge is 2.21. The molecule has 0 atom stereocenters. The van der Waals surface area contributed by atoms with E-state index >= 15 is 0 Å². The lowest BCUT2D eigenvalue weighted by Crippen LogP contribution is -2.38. The van der Waals surface area contributed by atoms with Gasteiger partial charge < -0.3 is 0 Å². The molecule has 0 aliphatic heterocycles. The summed E-state index contributed by atoms with van der Waals surface area (Å²) in [5, 5.41) is 10.2. The molecule has 17 heavy (non-hydrogen) atoms. The maximum absolute atomic E-state index is 5.91. The molecule has 90 valence electrons. The molecule has 0 spiro atoms. The molecule has 3 nitrogen and oxygen atoms in total. The molecule has 0 fully saturated rings. The van der Waals surface area contributed by atoms with Crippen molar-refractivity contribution in [3.63, 3.8) is 0 Å². The highest BCUT2D eigenvalue weighted by atomic mass is 79.9. The number of aromatic nitrogens is 3. The second kappa shape index (κ2) is 4.55. The van der Waals surface area contributed by atoms with Crippen molar-refractivity contribution in [2.45, 2.75) is 19.6 Å². The topological polar surface area (TPSA) is 30.7 Å². The summed E-state index contributed by atoms with van der Waals surface area (Å²) in [5.41, 5.74) is 0.950. The molecule has 1 aromatic heterocycles. The molecule has 2 rings (SSSR count). The number of hydrogen-bond acceptors (Lipinski definition) is 2. The summed E-state index contributed by atoms with van der Waals surface area (Å²) in [6.07, 6.45) is 2.00. The first-order valence-corrected chi connectivity index (χ1v) is 9.93. The molecule has 0 radical (unpaired) electrons. The fraction of sp³-hybridized carbons (Fsp3) is 0.273. The SMILES string of the molecule is C[Si](C)(C)c1cn(-c2ccc(Cl)cc2Br)nn1. The summed E-state index contributed by atoms with van der Waals surface area (Å²) in [7, 11) is -1.41. The lowest BCUT2D eigenvalue weighted by atomic mass is 10.3. The van der Waals surface area contributed by atoms with Gasteiger partial charge in [-0.1, -0.05) is 36.5 Å². The van der Waals surface area contributed by atoms with E-state index in [-0.39, 0.29) is 0 Å². The predicted octanol–water partition coefficient (Wildman–Crippen LogP) is 3.23. The van der Waals surface area contributed by atoms with Crippen LogP contribution in [-0.4, -0.2) is 23.1 Å². The number of halogens is 2. The first-order chi connectivity index (χ1) is 7.88. The van der Waals surface area contributed by atoms with Gasteiger partial charge in [-0.05, 0) is 34.1 Å². The monoisotopic (exact) mass is 329 g/mol. The van der Waals surface area contributed by atoms with Crippen LogP contribution in [0.4, 0.5) is 0 Å². The van der Waals surface area contributed by atoms with Crippen LogP contribution in [0.2, 0.25) is 24.7 Å². The Morgan fingerprint density at radius 2 is 2.00 bits per heavy atom. The van der Waals surface area contributed by atoms with Gasteiger partial charge in [0.1, 0.15) is 8.07 Å². The summed E-state index contributed by atoms with van der Waals surface area (Å²) < 4.78 is 2.70. The van der Waals surface area contributed by atoms with Crippen molar-refractivity contribution in [1.82, 2.24) is 15.0 Å². The van der Waals surface area contributed by atoms with Gasteiger partial charge in [0, 0.05) is 15.7 Å². The molecule has 0 saturated heterocycles. The van der Waals surface area contributed by atoms with Gasteiger partial charge in [-0.3, -0.25) is 0 Å². The first-order valence-electron chi connectivity index (χ1n) is 5.26. The van der Waals surface area contributed by atoms with Crippen molar-refractivity contribution in [3.05, 3.63) is 33.9 Å². The number of nitrogens with zero attached hydrogens (tertiary/aromatic N) is 3. The normalized spacial score (nSPS) is 11.8. The lowest BCUT2D eigenvalue weighted by molar-refractivity contribution is 0.801. The minimum atomic E-state index is -1.41. The smallest absolute Gasteiger partial charge is 0.106 e. The Labute approximate surface area is 115 Å². The predicted molar refractivity (Wildman–Crippen MR) is 77.0 cm³/mol. The average molecular weight is 331 g/mol. The minimum absolute atomic E-state index is 0.700. The zero-order valence-corrected chi connectivity index (χ0v) is 13.2. The Balaban J connectivity index is 2.44. The van der Waals surface area contributed by atoms with Gasteiger partial charge in [0.2, 0.25) is 0 Å². The van der Waals surface area contributed by atoms with Crippen LogP contribution in [0, 0.1) is 0 Å². The number of benzene rings is 1. The molecule has 0 bridgehead atoms.